The molecule has 13 heteroatoms. The van der Waals surface area contributed by atoms with Crippen LogP contribution in [0.1, 0.15) is 50.7 Å². The third-order valence-corrected chi connectivity index (χ3v) is 13.7. The Hall–Kier alpha value is -4.91. The van der Waals surface area contributed by atoms with E-state index in [0.717, 1.165) is 11.3 Å². The molecule has 3 aromatic rings. The zero-order valence-corrected chi connectivity index (χ0v) is 27.8. The number of para-hydroxylation sites is 2. The van der Waals surface area contributed by atoms with E-state index in [4.69, 9.17) is 0 Å². The van der Waals surface area contributed by atoms with Crippen molar-refractivity contribution in [3.05, 3.63) is 90.0 Å². The van der Waals surface area contributed by atoms with Crippen LogP contribution in [0.4, 0.5) is 11.4 Å². The Morgan fingerprint density at radius 2 is 1.22 bits per heavy atom. The van der Waals surface area contributed by atoms with E-state index < -0.39 is 57.4 Å². The Labute approximate surface area is 283 Å². The topological polar surface area (TPSA) is 148 Å². The maximum absolute atomic E-state index is 15.0. The van der Waals surface area contributed by atoms with Gasteiger partial charge in [0.05, 0.1) is 21.4 Å². The average molecular weight is 681 g/mol. The van der Waals surface area contributed by atoms with Gasteiger partial charge in [0.25, 0.3) is 10.0 Å². The summed E-state index contributed by atoms with van der Waals surface area (Å²) in [4.78, 5) is 60.0. The first-order valence-corrected chi connectivity index (χ1v) is 18.4. The average Bonchev–Trinajstić information content (AvgIpc) is 3.82. The number of anilines is 2. The van der Waals surface area contributed by atoms with Gasteiger partial charge in [-0.2, -0.15) is 0 Å². The fraction of sp³-hybridized carbons (Fsp3) is 0.389. The summed E-state index contributed by atoms with van der Waals surface area (Å²) in [5, 5.41) is 9.44. The van der Waals surface area contributed by atoms with E-state index in [2.05, 4.69) is 16.0 Å². The van der Waals surface area contributed by atoms with Gasteiger partial charge in [0.1, 0.15) is 36.5 Å². The molecular weight excluding hydrogens is 644 g/mol. The molecule has 49 heavy (non-hydrogen) atoms. The van der Waals surface area contributed by atoms with Gasteiger partial charge in [-0.3, -0.25) is 19.2 Å². The number of fused-ring (bicyclic) bond motifs is 11. The number of sulfonamides is 1. The van der Waals surface area contributed by atoms with Crippen LogP contribution in [0.2, 0.25) is 0 Å². The first-order chi connectivity index (χ1) is 23.6. The predicted molar refractivity (Wildman–Crippen MR) is 178 cm³/mol. The molecule has 0 bridgehead atoms. The van der Waals surface area contributed by atoms with Crippen LogP contribution < -0.4 is 20.3 Å². The fourth-order valence-electron chi connectivity index (χ4n) is 10.0. The van der Waals surface area contributed by atoms with Crippen LogP contribution in [0.5, 0.6) is 0 Å². The number of carbonyl (C=O) groups excluding carboxylic acids is 4. The van der Waals surface area contributed by atoms with Crippen molar-refractivity contribution in [3.8, 4) is 0 Å². The SMILES string of the molecule is CC[C@@H]1NC(=O)[C@@H]2C[C@]3(C45C[C@H]6C(=O)N[C@@H](CC)C(=O)N6[C@H]4N(S(=O)(=O)c4ccccc4)c4ccccc45)c4ccccc4N[C@@H]3N2C1=O. The summed E-state index contributed by atoms with van der Waals surface area (Å²) in [7, 11) is -4.33. The van der Waals surface area contributed by atoms with Gasteiger partial charge >= 0.3 is 0 Å². The van der Waals surface area contributed by atoms with Gasteiger partial charge in [0.15, 0.2) is 0 Å². The molecule has 4 saturated heterocycles. The molecule has 4 fully saturated rings. The van der Waals surface area contributed by atoms with Crippen molar-refractivity contribution >= 4 is 45.0 Å². The van der Waals surface area contributed by atoms with Crippen LogP contribution in [0.15, 0.2) is 83.8 Å². The van der Waals surface area contributed by atoms with Crippen LogP contribution in [0.3, 0.4) is 0 Å². The molecule has 0 aliphatic carbocycles. The zero-order chi connectivity index (χ0) is 34.0. The highest BCUT2D eigenvalue weighted by molar-refractivity contribution is 7.92. The lowest BCUT2D eigenvalue weighted by atomic mass is 9.54. The molecule has 4 amide bonds. The Kier molecular flexibility index (Phi) is 6.20. The molecule has 1 unspecified atom stereocenters. The number of benzene rings is 3. The minimum absolute atomic E-state index is 0.0492. The maximum Gasteiger partial charge on any atom is 0.266 e. The number of nitrogens with one attached hydrogen (secondary N) is 3. The fourth-order valence-corrected chi connectivity index (χ4v) is 11.7. The van der Waals surface area contributed by atoms with Gasteiger partial charge in [-0.15, -0.1) is 0 Å². The second-order valence-electron chi connectivity index (χ2n) is 13.9. The lowest BCUT2D eigenvalue weighted by Crippen LogP contribution is -2.68. The number of hydrogen-bond acceptors (Lipinski definition) is 7. The molecule has 0 radical (unpaired) electrons. The molecule has 0 saturated carbocycles. The molecule has 0 aromatic heterocycles. The van der Waals surface area contributed by atoms with Crippen molar-refractivity contribution < 1.29 is 27.6 Å². The summed E-state index contributed by atoms with van der Waals surface area (Å²) in [5.74, 6) is -1.20. The summed E-state index contributed by atoms with van der Waals surface area (Å²) in [5.41, 5.74) is 0.249. The highest BCUT2D eigenvalue weighted by Gasteiger charge is 2.80. The zero-order valence-electron chi connectivity index (χ0n) is 27.0. The molecule has 0 spiro atoms. The van der Waals surface area contributed by atoms with Crippen molar-refractivity contribution in [2.45, 2.75) is 91.8 Å². The van der Waals surface area contributed by atoms with Gasteiger partial charge in [-0.1, -0.05) is 68.4 Å². The second-order valence-corrected chi connectivity index (χ2v) is 15.7. The standard InChI is InChI=1S/C36H36N6O6S/c1-3-23-31(45)40-27(29(43)37-23)18-35(21-14-8-10-16-25(21)39-33(35)40)36-19-28-30(44)38-24(4-2)32(46)41(28)34(36)42(26-17-11-9-15-22(26)36)49(47,48)20-12-6-5-7-13-20/h5-17,23-24,27-28,33-34,39H,3-4,18-19H2,1-2H3,(H,37,43)(H,38,44)/t23-,24-,27-,28-,33+,34-,35-,36?/m0/s1. The minimum atomic E-state index is -4.33. The van der Waals surface area contributed by atoms with E-state index in [1.807, 2.05) is 50.2 Å². The maximum atomic E-state index is 15.0. The van der Waals surface area contributed by atoms with E-state index in [1.165, 1.54) is 21.3 Å². The third-order valence-electron chi connectivity index (χ3n) is 12.0. The van der Waals surface area contributed by atoms with Crippen LogP contribution in [-0.4, -0.2) is 78.3 Å². The summed E-state index contributed by atoms with van der Waals surface area (Å²) in [6, 6.07) is 19.7. The Morgan fingerprint density at radius 1 is 0.673 bits per heavy atom. The van der Waals surface area contributed by atoms with E-state index in [-0.39, 0.29) is 41.4 Å². The number of piperazine rings is 2. The molecule has 3 aromatic carbocycles. The summed E-state index contributed by atoms with van der Waals surface area (Å²) in [6.07, 6.45) is -0.962. The minimum Gasteiger partial charge on any atom is -0.364 e. The largest absolute Gasteiger partial charge is 0.364 e. The molecule has 6 aliphatic heterocycles. The van der Waals surface area contributed by atoms with Crippen molar-refractivity contribution in [3.63, 3.8) is 0 Å². The second kappa shape index (κ2) is 10.1. The third kappa shape index (κ3) is 3.50. The molecule has 252 valence electrons. The number of nitrogens with zero attached hydrogens (tertiary/aromatic N) is 3. The van der Waals surface area contributed by atoms with Gasteiger partial charge in [0, 0.05) is 5.69 Å². The first kappa shape index (κ1) is 30.2. The molecule has 6 heterocycles. The van der Waals surface area contributed by atoms with Crippen LogP contribution >= 0.6 is 0 Å². The molecule has 6 aliphatic rings. The normalized spacial score (nSPS) is 34.0. The monoisotopic (exact) mass is 680 g/mol. The highest BCUT2D eigenvalue weighted by Crippen LogP contribution is 2.70. The lowest BCUT2D eigenvalue weighted by molar-refractivity contribution is -0.149. The van der Waals surface area contributed by atoms with E-state index in [9.17, 15) is 19.2 Å². The molecular formula is C36H36N6O6S. The number of carbonyl (C=O) groups is 4. The van der Waals surface area contributed by atoms with E-state index in [1.54, 1.807) is 35.2 Å². The Morgan fingerprint density at radius 3 is 1.90 bits per heavy atom. The smallest absolute Gasteiger partial charge is 0.266 e. The van der Waals surface area contributed by atoms with Gasteiger partial charge < -0.3 is 25.8 Å². The van der Waals surface area contributed by atoms with Crippen molar-refractivity contribution in [1.82, 2.24) is 20.4 Å². The quantitative estimate of drug-likeness (QED) is 0.374. The summed E-state index contributed by atoms with van der Waals surface area (Å²) >= 11 is 0. The Bertz CT molecular complexity index is 2080. The van der Waals surface area contributed by atoms with Crippen molar-refractivity contribution in [1.29, 1.82) is 0 Å². The molecule has 9 rings (SSSR count). The molecule has 12 nitrogen and oxygen atoms in total. The Balaban J connectivity index is 1.38. The summed E-state index contributed by atoms with van der Waals surface area (Å²) in [6.45, 7) is 3.66. The molecule has 3 N–H and O–H groups in total. The first-order valence-electron chi connectivity index (χ1n) is 16.9. The predicted octanol–water partition coefficient (Wildman–Crippen LogP) is 2.17. The van der Waals surface area contributed by atoms with Crippen LogP contribution in [0, 0.1) is 0 Å². The number of rotatable bonds is 5. The van der Waals surface area contributed by atoms with Gasteiger partial charge in [0.2, 0.25) is 23.6 Å². The molecule has 8 atom stereocenters. The lowest BCUT2D eigenvalue weighted by Gasteiger charge is -2.49. The van der Waals surface area contributed by atoms with Crippen LogP contribution in [0.25, 0.3) is 0 Å². The van der Waals surface area contributed by atoms with Crippen molar-refractivity contribution in [2.24, 2.45) is 0 Å². The van der Waals surface area contributed by atoms with E-state index in [0.29, 0.717) is 24.1 Å². The highest BCUT2D eigenvalue weighted by atomic mass is 32.2. The van der Waals surface area contributed by atoms with E-state index >= 15 is 8.42 Å². The number of hydrogen-bond donors (Lipinski definition) is 3. The summed E-state index contributed by atoms with van der Waals surface area (Å²) < 4.78 is 31.4. The van der Waals surface area contributed by atoms with Gasteiger partial charge in [-0.25, -0.2) is 12.7 Å². The van der Waals surface area contributed by atoms with Gasteiger partial charge in [-0.05, 0) is 61.1 Å². The number of amides is 4. The van der Waals surface area contributed by atoms with Crippen molar-refractivity contribution in [2.75, 3.05) is 9.62 Å². The van der Waals surface area contributed by atoms with Crippen LogP contribution in [-0.2, 0) is 40.0 Å².